The fourth-order valence-electron chi connectivity index (χ4n) is 2.10. The Morgan fingerprint density at radius 3 is 1.72 bits per heavy atom. The van der Waals surface area contributed by atoms with Gasteiger partial charge in [0.05, 0.1) is 13.7 Å². The molecule has 0 spiro atoms. The summed E-state index contributed by atoms with van der Waals surface area (Å²) < 4.78 is 10.4. The number of nitrogens with one attached hydrogen (secondary N) is 2. The zero-order valence-electron chi connectivity index (χ0n) is 14.5. The minimum atomic E-state index is -0.839. The third-order valence-electron chi connectivity index (χ3n) is 3.58. The molecule has 1 atom stereocenters. The van der Waals surface area contributed by atoms with Crippen molar-refractivity contribution in [1.82, 2.24) is 0 Å². The van der Waals surface area contributed by atoms with E-state index in [1.165, 1.54) is 0 Å². The van der Waals surface area contributed by atoms with Crippen LogP contribution in [0.5, 0.6) is 11.5 Å². The van der Waals surface area contributed by atoms with Gasteiger partial charge >= 0.3 is 0 Å². The molecular weight excluding hydrogens is 320 g/mol. The Morgan fingerprint density at radius 1 is 0.880 bits per heavy atom. The third kappa shape index (κ3) is 5.24. The van der Waals surface area contributed by atoms with E-state index in [1.54, 1.807) is 62.6 Å². The van der Waals surface area contributed by atoms with Crippen LogP contribution in [0, 0.1) is 5.92 Å². The summed E-state index contributed by atoms with van der Waals surface area (Å²) in [5, 5.41) is 5.43. The number of carbonyl (C=O) groups excluding carboxylic acids is 2. The molecule has 0 aliphatic heterocycles. The highest BCUT2D eigenvalue weighted by atomic mass is 16.5. The summed E-state index contributed by atoms with van der Waals surface area (Å²) in [6.45, 7) is 4.04. The fourth-order valence-corrected chi connectivity index (χ4v) is 2.10. The van der Waals surface area contributed by atoms with Crippen LogP contribution < -0.4 is 20.1 Å². The lowest BCUT2D eigenvalue weighted by atomic mass is 10.1. The topological polar surface area (TPSA) is 76.7 Å². The molecule has 2 aromatic carbocycles. The van der Waals surface area contributed by atoms with E-state index >= 15 is 0 Å². The van der Waals surface area contributed by atoms with Crippen molar-refractivity contribution in [2.75, 3.05) is 24.4 Å². The monoisotopic (exact) mass is 342 g/mol. The first kappa shape index (κ1) is 18.3. The summed E-state index contributed by atoms with van der Waals surface area (Å²) in [6.07, 6.45) is 0. The van der Waals surface area contributed by atoms with Crippen molar-refractivity contribution >= 4 is 23.2 Å². The summed E-state index contributed by atoms with van der Waals surface area (Å²) in [4.78, 5) is 24.4. The van der Waals surface area contributed by atoms with Gasteiger partial charge in [0.1, 0.15) is 17.4 Å². The standard InChI is InChI=1S/C19H22N2O4/c1-4-25-17-11-7-15(8-12-17)21-19(23)13(2)18(22)20-14-5-9-16(24-3)10-6-14/h5-13H,4H2,1-3H3,(H,20,22)(H,21,23). The smallest absolute Gasteiger partial charge is 0.236 e. The highest BCUT2D eigenvalue weighted by Crippen LogP contribution is 2.18. The van der Waals surface area contributed by atoms with Crippen LogP contribution in [0.1, 0.15) is 13.8 Å². The van der Waals surface area contributed by atoms with Crippen molar-refractivity contribution in [3.63, 3.8) is 0 Å². The number of ether oxygens (including phenoxy) is 2. The molecule has 2 aromatic rings. The second-order valence-corrected chi connectivity index (χ2v) is 5.39. The number of hydrogen-bond donors (Lipinski definition) is 2. The molecule has 0 fully saturated rings. The summed E-state index contributed by atoms with van der Waals surface area (Å²) >= 11 is 0. The molecular formula is C19H22N2O4. The number of hydrogen-bond acceptors (Lipinski definition) is 4. The van der Waals surface area contributed by atoms with E-state index in [-0.39, 0.29) is 11.8 Å². The van der Waals surface area contributed by atoms with Crippen molar-refractivity contribution < 1.29 is 19.1 Å². The number of anilines is 2. The molecule has 0 aromatic heterocycles. The summed E-state index contributed by atoms with van der Waals surface area (Å²) in [6, 6.07) is 13.9. The predicted molar refractivity (Wildman–Crippen MR) is 97.0 cm³/mol. The lowest BCUT2D eigenvalue weighted by Crippen LogP contribution is -2.31. The molecule has 0 radical (unpaired) electrons. The van der Waals surface area contributed by atoms with Crippen LogP contribution in [-0.2, 0) is 9.59 Å². The molecule has 2 amide bonds. The summed E-state index contributed by atoms with van der Waals surface area (Å²) in [7, 11) is 1.57. The van der Waals surface area contributed by atoms with Crippen LogP contribution >= 0.6 is 0 Å². The number of rotatable bonds is 7. The number of benzene rings is 2. The zero-order valence-corrected chi connectivity index (χ0v) is 14.5. The third-order valence-corrected chi connectivity index (χ3v) is 3.58. The Bertz CT molecular complexity index is 711. The van der Waals surface area contributed by atoms with Gasteiger partial charge < -0.3 is 20.1 Å². The van der Waals surface area contributed by atoms with Crippen molar-refractivity contribution in [3.8, 4) is 11.5 Å². The second-order valence-electron chi connectivity index (χ2n) is 5.39. The molecule has 25 heavy (non-hydrogen) atoms. The van der Waals surface area contributed by atoms with Crippen molar-refractivity contribution in [2.24, 2.45) is 5.92 Å². The van der Waals surface area contributed by atoms with Crippen LogP contribution in [0.2, 0.25) is 0 Å². The quantitative estimate of drug-likeness (QED) is 0.757. The number of methoxy groups -OCH3 is 1. The van der Waals surface area contributed by atoms with Crippen molar-refractivity contribution in [3.05, 3.63) is 48.5 Å². The maximum atomic E-state index is 12.2. The van der Waals surface area contributed by atoms with Gasteiger partial charge in [-0.15, -0.1) is 0 Å². The van der Waals surface area contributed by atoms with Crippen molar-refractivity contribution in [2.45, 2.75) is 13.8 Å². The number of carbonyl (C=O) groups is 2. The van der Waals surface area contributed by atoms with Gasteiger partial charge in [-0.05, 0) is 62.4 Å². The maximum absolute atomic E-state index is 12.2. The van der Waals surface area contributed by atoms with E-state index in [2.05, 4.69) is 10.6 Å². The Hall–Kier alpha value is -3.02. The van der Waals surface area contributed by atoms with E-state index in [9.17, 15) is 9.59 Å². The molecule has 0 saturated heterocycles. The fraction of sp³-hybridized carbons (Fsp3) is 0.263. The first-order valence-electron chi connectivity index (χ1n) is 8.02. The molecule has 0 heterocycles. The Morgan fingerprint density at radius 2 is 1.32 bits per heavy atom. The van der Waals surface area contributed by atoms with Gasteiger partial charge in [0.15, 0.2) is 0 Å². The van der Waals surface area contributed by atoms with E-state index in [4.69, 9.17) is 9.47 Å². The van der Waals surface area contributed by atoms with Crippen LogP contribution in [0.3, 0.4) is 0 Å². The predicted octanol–water partition coefficient (Wildman–Crippen LogP) is 3.31. The molecule has 0 saturated carbocycles. The highest BCUT2D eigenvalue weighted by Gasteiger charge is 2.21. The average Bonchev–Trinajstić information content (AvgIpc) is 2.63. The van der Waals surface area contributed by atoms with Gasteiger partial charge in [0.2, 0.25) is 11.8 Å². The Balaban J connectivity index is 1.92. The Kier molecular flexibility index (Phi) is 6.39. The second kappa shape index (κ2) is 8.73. The molecule has 1 unspecified atom stereocenters. The molecule has 0 aliphatic rings. The minimum absolute atomic E-state index is 0.379. The maximum Gasteiger partial charge on any atom is 0.236 e. The van der Waals surface area contributed by atoms with Gasteiger partial charge in [-0.2, -0.15) is 0 Å². The molecule has 2 N–H and O–H groups in total. The largest absolute Gasteiger partial charge is 0.497 e. The summed E-state index contributed by atoms with van der Waals surface area (Å²) in [5.74, 6) is -0.178. The van der Waals surface area contributed by atoms with Crippen LogP contribution in [0.15, 0.2) is 48.5 Å². The van der Waals surface area contributed by atoms with E-state index in [1.807, 2.05) is 6.92 Å². The molecule has 6 nitrogen and oxygen atoms in total. The molecule has 2 rings (SSSR count). The Labute approximate surface area is 147 Å². The van der Waals surface area contributed by atoms with Crippen LogP contribution in [-0.4, -0.2) is 25.5 Å². The normalized spacial score (nSPS) is 11.3. The van der Waals surface area contributed by atoms with Gasteiger partial charge in [0, 0.05) is 11.4 Å². The molecule has 6 heteroatoms. The van der Waals surface area contributed by atoms with Gasteiger partial charge in [0.25, 0.3) is 0 Å². The SMILES string of the molecule is CCOc1ccc(NC(=O)C(C)C(=O)Nc2ccc(OC)cc2)cc1. The van der Waals surface area contributed by atoms with Crippen LogP contribution in [0.4, 0.5) is 11.4 Å². The van der Waals surface area contributed by atoms with E-state index in [0.29, 0.717) is 23.7 Å². The molecule has 132 valence electrons. The lowest BCUT2D eigenvalue weighted by molar-refractivity contribution is -0.128. The van der Waals surface area contributed by atoms with E-state index < -0.39 is 5.92 Å². The first-order chi connectivity index (χ1) is 12.0. The lowest BCUT2D eigenvalue weighted by Gasteiger charge is -2.13. The first-order valence-corrected chi connectivity index (χ1v) is 8.02. The van der Waals surface area contributed by atoms with Crippen molar-refractivity contribution in [1.29, 1.82) is 0 Å². The van der Waals surface area contributed by atoms with Gasteiger partial charge in [-0.25, -0.2) is 0 Å². The highest BCUT2D eigenvalue weighted by molar-refractivity contribution is 6.10. The molecule has 0 aliphatic carbocycles. The van der Waals surface area contributed by atoms with Gasteiger partial charge in [-0.1, -0.05) is 0 Å². The molecule has 0 bridgehead atoms. The van der Waals surface area contributed by atoms with Gasteiger partial charge in [-0.3, -0.25) is 9.59 Å². The minimum Gasteiger partial charge on any atom is -0.497 e. The van der Waals surface area contributed by atoms with Crippen LogP contribution in [0.25, 0.3) is 0 Å². The summed E-state index contributed by atoms with van der Waals surface area (Å²) in [5.41, 5.74) is 1.21. The zero-order chi connectivity index (χ0) is 18.2. The average molecular weight is 342 g/mol. The number of amides is 2. The van der Waals surface area contributed by atoms with E-state index in [0.717, 1.165) is 5.75 Å².